The second kappa shape index (κ2) is 3.73. The van der Waals surface area contributed by atoms with Gasteiger partial charge in [-0.05, 0) is 30.5 Å². The topological polar surface area (TPSA) is 17.8 Å². The van der Waals surface area contributed by atoms with Gasteiger partial charge in [0.25, 0.3) is 0 Å². The van der Waals surface area contributed by atoms with Crippen molar-refractivity contribution in [2.24, 2.45) is 5.92 Å². The first kappa shape index (κ1) is 11.6. The van der Waals surface area contributed by atoms with Crippen molar-refractivity contribution in [2.75, 3.05) is 0 Å². The third kappa shape index (κ3) is 1.78. The summed E-state index contributed by atoms with van der Waals surface area (Å²) in [7, 11) is 0. The van der Waals surface area contributed by atoms with E-state index in [0.29, 0.717) is 11.4 Å². The van der Waals surface area contributed by atoms with Crippen LogP contribution >= 0.6 is 0 Å². The van der Waals surface area contributed by atoms with Crippen LogP contribution in [-0.4, -0.2) is 9.55 Å². The largest absolute Gasteiger partial charge is 0.416 e. The third-order valence-corrected chi connectivity index (χ3v) is 3.53. The number of hydrogen-bond acceptors (Lipinski definition) is 1. The monoisotopic (exact) mass is 254 g/mol. The fourth-order valence-electron chi connectivity index (χ4n) is 2.52. The summed E-state index contributed by atoms with van der Waals surface area (Å²) in [5.41, 5.74) is 0.636. The molecule has 0 radical (unpaired) electrons. The van der Waals surface area contributed by atoms with Gasteiger partial charge in [-0.15, -0.1) is 0 Å². The molecule has 18 heavy (non-hydrogen) atoms. The molecule has 2 nitrogen and oxygen atoms in total. The van der Waals surface area contributed by atoms with Crippen LogP contribution in [0.15, 0.2) is 18.2 Å². The van der Waals surface area contributed by atoms with Gasteiger partial charge in [0.05, 0.1) is 16.6 Å². The van der Waals surface area contributed by atoms with Crippen molar-refractivity contribution in [2.45, 2.75) is 32.5 Å². The van der Waals surface area contributed by atoms with Gasteiger partial charge in [0.1, 0.15) is 5.82 Å². The summed E-state index contributed by atoms with van der Waals surface area (Å²) >= 11 is 0. The highest BCUT2D eigenvalue weighted by Crippen LogP contribution is 2.32. The first-order valence-corrected chi connectivity index (χ1v) is 6.01. The number of aryl methyl sites for hydroxylation is 1. The first-order valence-electron chi connectivity index (χ1n) is 6.01. The van der Waals surface area contributed by atoms with Crippen LogP contribution in [0, 0.1) is 5.92 Å². The predicted octanol–water partition coefficient (Wildman–Crippen LogP) is 3.64. The highest BCUT2D eigenvalue weighted by atomic mass is 19.4. The van der Waals surface area contributed by atoms with Crippen molar-refractivity contribution in [3.63, 3.8) is 0 Å². The van der Waals surface area contributed by atoms with Crippen molar-refractivity contribution in [1.82, 2.24) is 9.55 Å². The second-order valence-corrected chi connectivity index (χ2v) is 4.98. The van der Waals surface area contributed by atoms with E-state index in [2.05, 4.69) is 11.9 Å². The van der Waals surface area contributed by atoms with E-state index in [-0.39, 0.29) is 0 Å². The Balaban J connectivity index is 2.14. The summed E-state index contributed by atoms with van der Waals surface area (Å²) in [5.74, 6) is 1.46. The molecule has 3 rings (SSSR count). The van der Waals surface area contributed by atoms with Crippen LogP contribution in [0.4, 0.5) is 13.2 Å². The van der Waals surface area contributed by atoms with Gasteiger partial charge in [0, 0.05) is 13.0 Å². The van der Waals surface area contributed by atoms with Crippen LogP contribution in [0.1, 0.15) is 24.7 Å². The average Bonchev–Trinajstić information content (AvgIpc) is 2.63. The van der Waals surface area contributed by atoms with Gasteiger partial charge >= 0.3 is 6.18 Å². The molecule has 0 fully saturated rings. The van der Waals surface area contributed by atoms with Gasteiger partial charge in [-0.2, -0.15) is 13.2 Å². The van der Waals surface area contributed by atoms with Crippen LogP contribution in [0.3, 0.4) is 0 Å². The van der Waals surface area contributed by atoms with Gasteiger partial charge < -0.3 is 4.57 Å². The van der Waals surface area contributed by atoms with Crippen LogP contribution in [0.2, 0.25) is 0 Å². The molecule has 0 saturated carbocycles. The fourth-order valence-corrected chi connectivity index (χ4v) is 2.52. The minimum Gasteiger partial charge on any atom is -0.328 e. The molecule has 1 aromatic carbocycles. The van der Waals surface area contributed by atoms with Gasteiger partial charge in [-0.25, -0.2) is 4.98 Å². The molecule has 2 aromatic rings. The molecule has 0 N–H and O–H groups in total. The summed E-state index contributed by atoms with van der Waals surface area (Å²) in [6.45, 7) is 2.99. The summed E-state index contributed by atoms with van der Waals surface area (Å²) in [6.07, 6.45) is -2.40. The third-order valence-electron chi connectivity index (χ3n) is 3.53. The molecular weight excluding hydrogens is 241 g/mol. The quantitative estimate of drug-likeness (QED) is 0.701. The molecule has 0 aliphatic carbocycles. The lowest BCUT2D eigenvalue weighted by molar-refractivity contribution is -0.137. The number of fused-ring (bicyclic) bond motifs is 3. The van der Waals surface area contributed by atoms with Crippen molar-refractivity contribution in [3.05, 3.63) is 29.6 Å². The highest BCUT2D eigenvalue weighted by Gasteiger charge is 2.31. The van der Waals surface area contributed by atoms with Gasteiger partial charge in [-0.1, -0.05) is 6.92 Å². The number of halogens is 3. The molecule has 96 valence electrons. The Kier molecular flexibility index (Phi) is 2.40. The second-order valence-electron chi connectivity index (χ2n) is 4.98. The molecule has 1 unspecified atom stereocenters. The Hall–Kier alpha value is -1.52. The molecular formula is C13H13F3N2. The molecule has 1 aliphatic rings. The first-order chi connectivity index (χ1) is 8.45. The normalized spacial score (nSPS) is 20.1. The fraction of sp³-hybridized carbons (Fsp3) is 0.462. The standard InChI is InChI=1S/C13H13F3N2/c1-8-4-5-18-11-3-2-9(13(14,15)16)7-10(11)17-12(18)6-8/h2-3,7-8H,4-6H2,1H3. The van der Waals surface area contributed by atoms with Crippen molar-refractivity contribution in [1.29, 1.82) is 0 Å². The van der Waals surface area contributed by atoms with Gasteiger partial charge in [0.2, 0.25) is 0 Å². The Labute approximate surface area is 102 Å². The maximum atomic E-state index is 12.6. The van der Waals surface area contributed by atoms with Gasteiger partial charge in [-0.3, -0.25) is 0 Å². The van der Waals surface area contributed by atoms with Gasteiger partial charge in [0.15, 0.2) is 0 Å². The predicted molar refractivity (Wildman–Crippen MR) is 62.2 cm³/mol. The number of rotatable bonds is 0. The number of benzene rings is 1. The highest BCUT2D eigenvalue weighted by molar-refractivity contribution is 5.77. The van der Waals surface area contributed by atoms with Crippen molar-refractivity contribution in [3.8, 4) is 0 Å². The zero-order valence-corrected chi connectivity index (χ0v) is 9.96. The van der Waals surface area contributed by atoms with E-state index >= 15 is 0 Å². The average molecular weight is 254 g/mol. The molecule has 5 heteroatoms. The summed E-state index contributed by atoms with van der Waals surface area (Å²) < 4.78 is 39.9. The number of nitrogens with zero attached hydrogens (tertiary/aromatic N) is 2. The van der Waals surface area contributed by atoms with Crippen LogP contribution in [-0.2, 0) is 19.1 Å². The number of hydrogen-bond donors (Lipinski definition) is 0. The van der Waals surface area contributed by atoms with Crippen molar-refractivity contribution < 1.29 is 13.2 Å². The minimum atomic E-state index is -4.30. The maximum absolute atomic E-state index is 12.6. The Bertz CT molecular complexity index is 598. The Morgan fingerprint density at radius 1 is 1.33 bits per heavy atom. The minimum absolute atomic E-state index is 0.453. The molecule has 1 atom stereocenters. The lowest BCUT2D eigenvalue weighted by Crippen LogP contribution is -2.17. The molecule has 0 bridgehead atoms. The van der Waals surface area contributed by atoms with E-state index in [0.717, 1.165) is 42.9 Å². The Morgan fingerprint density at radius 3 is 2.83 bits per heavy atom. The van der Waals surface area contributed by atoms with Crippen molar-refractivity contribution >= 4 is 11.0 Å². The van der Waals surface area contributed by atoms with E-state index < -0.39 is 11.7 Å². The summed E-state index contributed by atoms with van der Waals surface area (Å²) in [4.78, 5) is 4.34. The molecule has 0 amide bonds. The van der Waals surface area contributed by atoms with Crippen LogP contribution in [0.25, 0.3) is 11.0 Å². The lowest BCUT2D eigenvalue weighted by atomic mass is 10.0. The zero-order chi connectivity index (χ0) is 12.9. The molecule has 1 aliphatic heterocycles. The molecule has 1 aromatic heterocycles. The number of imidazole rings is 1. The van der Waals surface area contributed by atoms with Crippen LogP contribution in [0.5, 0.6) is 0 Å². The Morgan fingerprint density at radius 2 is 2.11 bits per heavy atom. The van der Waals surface area contributed by atoms with E-state index in [1.54, 1.807) is 0 Å². The molecule has 0 spiro atoms. The van der Waals surface area contributed by atoms with E-state index in [1.165, 1.54) is 6.07 Å². The summed E-state index contributed by atoms with van der Waals surface area (Å²) in [5, 5.41) is 0. The maximum Gasteiger partial charge on any atom is 0.416 e. The number of aromatic nitrogens is 2. The lowest BCUT2D eigenvalue weighted by Gasteiger charge is -2.20. The molecule has 2 heterocycles. The SMILES string of the molecule is CC1CCn2c(nc3cc(C(F)(F)F)ccc32)C1. The van der Waals surface area contributed by atoms with E-state index in [9.17, 15) is 13.2 Å². The molecule has 0 saturated heterocycles. The smallest absolute Gasteiger partial charge is 0.328 e. The van der Waals surface area contributed by atoms with Crippen LogP contribution < -0.4 is 0 Å². The zero-order valence-electron chi connectivity index (χ0n) is 9.96. The number of alkyl halides is 3. The van der Waals surface area contributed by atoms with E-state index in [1.807, 2.05) is 4.57 Å². The van der Waals surface area contributed by atoms with E-state index in [4.69, 9.17) is 0 Å². The summed E-state index contributed by atoms with van der Waals surface area (Å²) in [6, 6.07) is 3.81.